The fraction of sp³-hybridized carbons (Fsp3) is 0.833. The summed E-state index contributed by atoms with van der Waals surface area (Å²) in [6, 6.07) is 13.8. The Labute approximate surface area is 251 Å². The van der Waals surface area contributed by atoms with E-state index in [1.54, 1.807) is 32.1 Å². The second-order valence-corrected chi connectivity index (χ2v) is 45.3. The summed E-state index contributed by atoms with van der Waals surface area (Å²) in [5.74, 6) is 4.26. The van der Waals surface area contributed by atoms with Gasteiger partial charge in [-0.2, -0.15) is 0 Å². The van der Waals surface area contributed by atoms with Gasteiger partial charge in [-0.3, -0.25) is 0 Å². The third-order valence-corrected chi connectivity index (χ3v) is 71.5. The van der Waals surface area contributed by atoms with Crippen molar-refractivity contribution in [1.29, 1.82) is 0 Å². The van der Waals surface area contributed by atoms with Crippen molar-refractivity contribution < 1.29 is 6.51 Å². The molecule has 43 heavy (non-hydrogen) atoms. The Hall–Kier alpha value is 0.439. The molecule has 4 saturated carbocycles. The number of hydrogen-bond acceptors (Lipinski definition) is 4. The third-order valence-electron chi connectivity index (χ3n) is 25.6. The number of nitrogens with one attached hydrogen (secondary N) is 4. The van der Waals surface area contributed by atoms with Crippen molar-refractivity contribution in [1.82, 2.24) is 21.3 Å². The summed E-state index contributed by atoms with van der Waals surface area (Å²) in [4.78, 5) is 8.75. The molecule has 1 aromatic carbocycles. The zero-order chi connectivity index (χ0) is 27.7. The molecule has 9 atom stereocenters. The van der Waals surface area contributed by atoms with E-state index in [0.29, 0.717) is 21.8 Å². The molecular formula is C36H50FeN4P2. The quantitative estimate of drug-likeness (QED) is 0.249. The van der Waals surface area contributed by atoms with Gasteiger partial charge in [-0.25, -0.2) is 0 Å². The molecule has 1 spiro atoms. The van der Waals surface area contributed by atoms with Gasteiger partial charge in [-0.15, -0.1) is 0 Å². The topological polar surface area (TPSA) is 48.1 Å². The van der Waals surface area contributed by atoms with E-state index >= 15 is 0 Å². The van der Waals surface area contributed by atoms with Gasteiger partial charge in [0, 0.05) is 0 Å². The molecule has 12 saturated heterocycles. The summed E-state index contributed by atoms with van der Waals surface area (Å²) in [7, 11) is 7.53. The van der Waals surface area contributed by atoms with E-state index in [4.69, 9.17) is 0 Å². The van der Waals surface area contributed by atoms with Crippen LogP contribution in [0.25, 0.3) is 0 Å². The van der Waals surface area contributed by atoms with Crippen LogP contribution in [0.1, 0.15) is 37.7 Å². The van der Waals surface area contributed by atoms with Crippen LogP contribution in [0.2, 0.25) is 42.3 Å². The molecule has 9 unspecified atom stereocenters. The molecule has 12 heterocycles. The van der Waals surface area contributed by atoms with Gasteiger partial charge in [0.1, 0.15) is 0 Å². The SMILES string of the molecule is PCC1([C]23[CH]4[C]5(c6ccccc6)[CH]6[C]2(C(P)(C2CNCCN2)C2CNCCN2)[Fe]64532789[CH]3[CH]2[CH]7[CH]8[CH]39)C2CC3CC(C2)CC1C3. The van der Waals surface area contributed by atoms with Crippen LogP contribution in [-0.4, -0.2) is 62.7 Å². The molecule has 16 aliphatic rings. The van der Waals surface area contributed by atoms with Gasteiger partial charge >= 0.3 is 253 Å². The number of hydrogen-bond donors (Lipinski definition) is 4. The van der Waals surface area contributed by atoms with Crippen molar-refractivity contribution >= 4 is 18.5 Å². The average Bonchev–Trinajstić information content (AvgIpc) is 4.00. The normalized spacial score (nSPS) is 81.5. The van der Waals surface area contributed by atoms with Crippen LogP contribution in [0.3, 0.4) is 0 Å². The second kappa shape index (κ2) is 3.80. The van der Waals surface area contributed by atoms with E-state index in [9.17, 15) is 0 Å². The summed E-state index contributed by atoms with van der Waals surface area (Å²) in [5.41, 5.74) is 2.57. The van der Waals surface area contributed by atoms with Crippen molar-refractivity contribution in [2.24, 2.45) is 29.1 Å². The Balaban J connectivity index is 1.07. The van der Waals surface area contributed by atoms with Gasteiger partial charge in [0.05, 0.1) is 0 Å². The van der Waals surface area contributed by atoms with Crippen molar-refractivity contribution in [2.45, 2.75) is 96.0 Å². The molecule has 0 amide bonds. The second-order valence-electron chi connectivity index (χ2n) is 21.1. The van der Waals surface area contributed by atoms with Crippen LogP contribution in [0.5, 0.6) is 0 Å². The van der Waals surface area contributed by atoms with Crippen molar-refractivity contribution in [2.75, 3.05) is 45.4 Å². The summed E-state index contributed by atoms with van der Waals surface area (Å²) >= 11 is 0. The molecule has 12 aliphatic heterocycles. The summed E-state index contributed by atoms with van der Waals surface area (Å²) in [6.45, 7) is 2.65. The van der Waals surface area contributed by atoms with Crippen LogP contribution in [0, 0.1) is 29.1 Å². The molecule has 1 aromatic rings. The van der Waals surface area contributed by atoms with Gasteiger partial charge in [0.15, 0.2) is 0 Å². The first-order valence-corrected chi connectivity index (χ1v) is 26.0. The maximum atomic E-state index is 4.32. The van der Waals surface area contributed by atoms with E-state index in [2.05, 4.69) is 70.1 Å². The maximum absolute atomic E-state index is 4.32. The number of benzene rings is 1. The van der Waals surface area contributed by atoms with E-state index < -0.39 is 6.51 Å². The summed E-state index contributed by atoms with van der Waals surface area (Å²) < 4.78 is 2.20. The fourth-order valence-corrected chi connectivity index (χ4v) is 114. The predicted octanol–water partition coefficient (Wildman–Crippen LogP) is 5.28. The van der Waals surface area contributed by atoms with Gasteiger partial charge in [-0.1, -0.05) is 0 Å². The molecule has 4 N–H and O–H groups in total. The van der Waals surface area contributed by atoms with E-state index in [1.165, 1.54) is 48.1 Å². The molecule has 16 fully saturated rings. The molecule has 0 radical (unpaired) electrons. The molecule has 4 bridgehead atoms. The first-order valence-electron chi connectivity index (χ1n) is 18.5. The summed E-state index contributed by atoms with van der Waals surface area (Å²) in [6.07, 6.45) is 9.53. The van der Waals surface area contributed by atoms with E-state index in [0.717, 1.165) is 63.3 Å². The Morgan fingerprint density at radius 1 is 0.744 bits per heavy atom. The van der Waals surface area contributed by atoms with Crippen molar-refractivity contribution in [3.8, 4) is 0 Å². The average molecular weight is 657 g/mol. The van der Waals surface area contributed by atoms with Crippen molar-refractivity contribution in [3.05, 3.63) is 35.9 Å². The van der Waals surface area contributed by atoms with Crippen LogP contribution >= 0.6 is 18.5 Å². The van der Waals surface area contributed by atoms with Gasteiger partial charge in [-0.05, 0) is 0 Å². The van der Waals surface area contributed by atoms with E-state index in [1.807, 2.05) is 5.56 Å². The molecule has 4 nitrogen and oxygen atoms in total. The zero-order valence-corrected chi connectivity index (χ0v) is 28.8. The Kier molecular flexibility index (Phi) is 2.03. The molecule has 232 valence electrons. The van der Waals surface area contributed by atoms with Crippen LogP contribution < -0.4 is 21.3 Å². The number of rotatable bonds is 6. The van der Waals surface area contributed by atoms with Crippen LogP contribution in [0.4, 0.5) is 0 Å². The number of fused-ring (bicyclic) bond motifs is 11. The molecular weight excluding hydrogens is 606 g/mol. The Bertz CT molecular complexity index is 1960. The Morgan fingerprint density at radius 2 is 1.30 bits per heavy atom. The minimum atomic E-state index is -4.31. The van der Waals surface area contributed by atoms with Gasteiger partial charge in [0.25, 0.3) is 0 Å². The monoisotopic (exact) mass is 656 g/mol. The molecule has 0 aromatic heterocycles. The van der Waals surface area contributed by atoms with Crippen molar-refractivity contribution in [3.63, 3.8) is 0 Å². The predicted molar refractivity (Wildman–Crippen MR) is 176 cm³/mol. The minimum absolute atomic E-state index is 0.279. The molecule has 17 rings (SSSR count). The summed E-state index contributed by atoms with van der Waals surface area (Å²) in [5, 5.41) is 16.9. The van der Waals surface area contributed by atoms with Crippen LogP contribution in [-0.2, 0) is 10.8 Å². The number of piperazine rings is 2. The standard InChI is InChI=1S/C31H45N4P2.C5H5.Fe/c36-19-30(24-11-20-10-21(13-24)14-25(30)12-20)26-15-23(22-4-2-1-3-5-22)16-27(26)31(37,28-17-32-6-8-34-28)29-18-33-7-9-35-29;1-2-4-5-3-1;/h1-5,15-16,20-21,24-25,28-29,32-35H,6-14,17-19,36-37H2;1-5H;. The third kappa shape index (κ3) is 0.617. The first kappa shape index (κ1) is 22.9. The molecule has 7 heteroatoms. The van der Waals surface area contributed by atoms with E-state index in [-0.39, 0.29) is 5.16 Å². The van der Waals surface area contributed by atoms with Crippen LogP contribution in [0.15, 0.2) is 30.3 Å². The zero-order valence-electron chi connectivity index (χ0n) is 25.4. The Morgan fingerprint density at radius 3 is 1.77 bits per heavy atom. The van der Waals surface area contributed by atoms with Gasteiger partial charge in [0.2, 0.25) is 0 Å². The molecule has 4 aliphatic carbocycles. The van der Waals surface area contributed by atoms with Gasteiger partial charge < -0.3 is 0 Å². The fourth-order valence-electron chi connectivity index (χ4n) is 28.8. The first-order chi connectivity index (χ1) is 20.9.